The normalized spacial score (nSPS) is 20.6. The topological polar surface area (TPSA) is 137 Å². The van der Waals surface area contributed by atoms with Crippen LogP contribution in [0.4, 0.5) is 0 Å². The zero-order chi connectivity index (χ0) is 24.0. The lowest BCUT2D eigenvalue weighted by atomic mass is 9.85. The van der Waals surface area contributed by atoms with E-state index in [0.717, 1.165) is 5.56 Å². The van der Waals surface area contributed by atoms with Crippen LogP contribution in [0.1, 0.15) is 37.7 Å². The zero-order valence-electron chi connectivity index (χ0n) is 18.7. The highest BCUT2D eigenvalue weighted by molar-refractivity contribution is 5.82. The number of aliphatic hydroxyl groups excluding tert-OH is 1. The van der Waals surface area contributed by atoms with E-state index < -0.39 is 29.8 Å². The summed E-state index contributed by atoms with van der Waals surface area (Å²) in [5.41, 5.74) is 0.878. The first-order chi connectivity index (χ1) is 15.7. The van der Waals surface area contributed by atoms with Gasteiger partial charge in [0.05, 0.1) is 6.61 Å². The maximum Gasteiger partial charge on any atom is 0.249 e. The van der Waals surface area contributed by atoms with Gasteiger partial charge in [-0.2, -0.15) is 0 Å². The molecule has 0 aromatic heterocycles. The largest absolute Gasteiger partial charge is 0.508 e. The number of amides is 2. The lowest BCUT2D eigenvalue weighted by Crippen LogP contribution is -2.52. The van der Waals surface area contributed by atoms with Crippen LogP contribution in [0.3, 0.4) is 0 Å². The molecule has 3 rings (SSSR count). The Bertz CT molecular complexity index is 944. The minimum atomic E-state index is -1.28. The second-order valence-electron chi connectivity index (χ2n) is 8.72. The molecule has 0 bridgehead atoms. The summed E-state index contributed by atoms with van der Waals surface area (Å²) in [5.74, 6) is -0.655. The SMILES string of the molecule is CC1(C)COC(c2ccc(O)cc2)OC1C(=O)NCCC(O)C(=O)NCc1ccc(O)cc1. The molecule has 2 aromatic rings. The Balaban J connectivity index is 1.47. The van der Waals surface area contributed by atoms with Gasteiger partial charge < -0.3 is 35.4 Å². The molecule has 0 radical (unpaired) electrons. The summed E-state index contributed by atoms with van der Waals surface area (Å²) >= 11 is 0. The smallest absolute Gasteiger partial charge is 0.249 e. The summed E-state index contributed by atoms with van der Waals surface area (Å²) in [6.07, 6.45) is -2.79. The van der Waals surface area contributed by atoms with Crippen LogP contribution in [-0.2, 0) is 25.6 Å². The van der Waals surface area contributed by atoms with Crippen molar-refractivity contribution in [3.63, 3.8) is 0 Å². The molecule has 1 saturated heterocycles. The third-order valence-corrected chi connectivity index (χ3v) is 5.40. The average Bonchev–Trinajstić information content (AvgIpc) is 2.78. The molecule has 0 spiro atoms. The van der Waals surface area contributed by atoms with Crippen LogP contribution in [-0.4, -0.2) is 52.5 Å². The number of rotatable bonds is 8. The molecule has 178 valence electrons. The number of phenolic OH excluding ortho intramolecular Hbond substituents is 2. The summed E-state index contributed by atoms with van der Waals surface area (Å²) in [6, 6.07) is 12.7. The van der Waals surface area contributed by atoms with Gasteiger partial charge in [0.2, 0.25) is 11.8 Å². The van der Waals surface area contributed by atoms with Gasteiger partial charge in [-0.1, -0.05) is 38.1 Å². The Kier molecular flexibility index (Phi) is 7.91. The van der Waals surface area contributed by atoms with Crippen molar-refractivity contribution in [2.75, 3.05) is 13.2 Å². The van der Waals surface area contributed by atoms with Gasteiger partial charge in [0.15, 0.2) is 6.29 Å². The third-order valence-electron chi connectivity index (χ3n) is 5.40. The Morgan fingerprint density at radius 2 is 1.64 bits per heavy atom. The van der Waals surface area contributed by atoms with E-state index >= 15 is 0 Å². The molecule has 3 atom stereocenters. The Hall–Kier alpha value is -3.14. The van der Waals surface area contributed by atoms with E-state index in [4.69, 9.17) is 9.47 Å². The molecule has 1 fully saturated rings. The van der Waals surface area contributed by atoms with E-state index in [1.165, 1.54) is 24.3 Å². The fourth-order valence-corrected chi connectivity index (χ4v) is 3.41. The van der Waals surface area contributed by atoms with E-state index in [2.05, 4.69) is 10.6 Å². The second kappa shape index (κ2) is 10.7. The number of phenols is 2. The van der Waals surface area contributed by atoms with Crippen LogP contribution in [0.5, 0.6) is 11.5 Å². The number of ether oxygens (including phenoxy) is 2. The third kappa shape index (κ3) is 6.67. The highest BCUT2D eigenvalue weighted by atomic mass is 16.7. The van der Waals surface area contributed by atoms with Crippen molar-refractivity contribution in [3.8, 4) is 11.5 Å². The molecule has 3 unspecified atom stereocenters. The van der Waals surface area contributed by atoms with Crippen molar-refractivity contribution in [3.05, 3.63) is 59.7 Å². The quantitative estimate of drug-likeness (QED) is 0.406. The van der Waals surface area contributed by atoms with Gasteiger partial charge in [0.25, 0.3) is 0 Å². The molecule has 1 aliphatic rings. The van der Waals surface area contributed by atoms with E-state index in [0.29, 0.717) is 12.2 Å². The fourth-order valence-electron chi connectivity index (χ4n) is 3.41. The number of benzene rings is 2. The number of carbonyl (C=O) groups is 2. The second-order valence-corrected chi connectivity index (χ2v) is 8.72. The van der Waals surface area contributed by atoms with Gasteiger partial charge in [-0.15, -0.1) is 0 Å². The first-order valence-corrected chi connectivity index (χ1v) is 10.7. The molecular weight excluding hydrogens is 428 g/mol. The van der Waals surface area contributed by atoms with Crippen LogP contribution >= 0.6 is 0 Å². The van der Waals surface area contributed by atoms with Gasteiger partial charge in [-0.3, -0.25) is 9.59 Å². The monoisotopic (exact) mass is 458 g/mol. The predicted molar refractivity (Wildman–Crippen MR) is 119 cm³/mol. The van der Waals surface area contributed by atoms with Crippen LogP contribution < -0.4 is 10.6 Å². The zero-order valence-corrected chi connectivity index (χ0v) is 18.7. The number of aromatic hydroxyl groups is 2. The van der Waals surface area contributed by atoms with Gasteiger partial charge in [-0.25, -0.2) is 0 Å². The maximum absolute atomic E-state index is 12.8. The van der Waals surface area contributed by atoms with Crippen molar-refractivity contribution < 1.29 is 34.4 Å². The van der Waals surface area contributed by atoms with Crippen molar-refractivity contribution in [1.29, 1.82) is 0 Å². The van der Waals surface area contributed by atoms with Gasteiger partial charge >= 0.3 is 0 Å². The molecule has 0 aliphatic carbocycles. The van der Waals surface area contributed by atoms with Crippen LogP contribution in [0.25, 0.3) is 0 Å². The summed E-state index contributed by atoms with van der Waals surface area (Å²) in [6.45, 7) is 4.31. The number of hydrogen-bond acceptors (Lipinski definition) is 7. The first kappa shape index (κ1) is 24.5. The highest BCUT2D eigenvalue weighted by Gasteiger charge is 2.43. The molecule has 1 aliphatic heterocycles. The van der Waals surface area contributed by atoms with E-state index in [9.17, 15) is 24.9 Å². The molecule has 0 saturated carbocycles. The minimum Gasteiger partial charge on any atom is -0.508 e. The van der Waals surface area contributed by atoms with Crippen molar-refractivity contribution in [2.24, 2.45) is 5.41 Å². The lowest BCUT2D eigenvalue weighted by Gasteiger charge is -2.41. The molecule has 33 heavy (non-hydrogen) atoms. The molecule has 2 amide bonds. The number of aliphatic hydroxyl groups is 1. The van der Waals surface area contributed by atoms with Crippen molar-refractivity contribution >= 4 is 11.8 Å². The predicted octanol–water partition coefficient (Wildman–Crippen LogP) is 1.72. The standard InChI is InChI=1S/C24H30N2O7/c1-24(2)14-32-23(16-5-9-18(28)10-6-16)33-20(24)22(31)25-12-11-19(29)21(30)26-13-15-3-7-17(27)8-4-15/h3-10,19-20,23,27-29H,11-14H2,1-2H3,(H,25,31)(H,26,30). The van der Waals surface area contributed by atoms with Gasteiger partial charge in [-0.05, 0) is 36.2 Å². The molecular formula is C24H30N2O7. The molecule has 2 aromatic carbocycles. The molecule has 5 N–H and O–H groups in total. The summed E-state index contributed by atoms with van der Waals surface area (Å²) < 4.78 is 11.7. The summed E-state index contributed by atoms with van der Waals surface area (Å²) in [7, 11) is 0. The van der Waals surface area contributed by atoms with E-state index in [1.807, 2.05) is 13.8 Å². The maximum atomic E-state index is 12.8. The number of nitrogens with one attached hydrogen (secondary N) is 2. The van der Waals surface area contributed by atoms with Crippen molar-refractivity contribution in [1.82, 2.24) is 10.6 Å². The van der Waals surface area contributed by atoms with Gasteiger partial charge in [0, 0.05) is 24.1 Å². The van der Waals surface area contributed by atoms with E-state index in [-0.39, 0.29) is 36.9 Å². The summed E-state index contributed by atoms with van der Waals surface area (Å²) in [4.78, 5) is 24.9. The summed E-state index contributed by atoms with van der Waals surface area (Å²) in [5, 5.41) is 34.2. The Morgan fingerprint density at radius 3 is 2.27 bits per heavy atom. The van der Waals surface area contributed by atoms with Gasteiger partial charge in [0.1, 0.15) is 23.7 Å². The van der Waals surface area contributed by atoms with E-state index in [1.54, 1.807) is 24.3 Å². The first-order valence-electron chi connectivity index (χ1n) is 10.7. The molecule has 9 nitrogen and oxygen atoms in total. The van der Waals surface area contributed by atoms with Crippen LogP contribution in [0.15, 0.2) is 48.5 Å². The Labute approximate surface area is 192 Å². The lowest BCUT2D eigenvalue weighted by molar-refractivity contribution is -0.258. The highest BCUT2D eigenvalue weighted by Crippen LogP contribution is 2.36. The average molecular weight is 459 g/mol. The number of hydrogen-bond donors (Lipinski definition) is 5. The van der Waals surface area contributed by atoms with Crippen molar-refractivity contribution in [2.45, 2.75) is 45.3 Å². The van der Waals surface area contributed by atoms with Crippen LogP contribution in [0.2, 0.25) is 0 Å². The van der Waals surface area contributed by atoms with Crippen LogP contribution in [0, 0.1) is 5.41 Å². The fraction of sp³-hybridized carbons (Fsp3) is 0.417. The minimum absolute atomic E-state index is 0.0399. The molecule has 1 heterocycles. The molecule has 9 heteroatoms. The number of carbonyl (C=O) groups excluding carboxylic acids is 2. The Morgan fingerprint density at radius 1 is 1.03 bits per heavy atom.